The molecule has 0 saturated carbocycles. The molecule has 1 unspecified atom stereocenters. The summed E-state index contributed by atoms with van der Waals surface area (Å²) in [6.45, 7) is 7.77. The Morgan fingerprint density at radius 1 is 1.33 bits per heavy atom. The molecule has 0 spiro atoms. The molecule has 0 aliphatic carbocycles. The van der Waals surface area contributed by atoms with Crippen LogP contribution in [0.4, 0.5) is 0 Å². The first-order valence-corrected chi connectivity index (χ1v) is 3.23. The van der Waals surface area contributed by atoms with Crippen molar-refractivity contribution in [2.75, 3.05) is 0 Å². The van der Waals surface area contributed by atoms with Gasteiger partial charge in [-0.1, -0.05) is 37.3 Å². The van der Waals surface area contributed by atoms with Gasteiger partial charge in [0.15, 0.2) is 0 Å². The fourth-order valence-corrected chi connectivity index (χ4v) is 0.429. The molecule has 0 heterocycles. The van der Waals surface area contributed by atoms with E-state index in [1.54, 1.807) is 0 Å². The van der Waals surface area contributed by atoms with E-state index in [1.165, 1.54) is 0 Å². The number of hydrogen-bond acceptors (Lipinski definition) is 0. The Labute approximate surface area is 57.6 Å². The Morgan fingerprint density at radius 3 is 2.44 bits per heavy atom. The summed E-state index contributed by atoms with van der Waals surface area (Å²) in [5.41, 5.74) is 0. The SMILES string of the molecule is C=CC(C)/C=C\C=C/C. The molecule has 0 bridgehead atoms. The molecule has 0 rings (SSSR count). The normalized spacial score (nSPS) is 14.9. The molecule has 0 N–H and O–H groups in total. The van der Waals surface area contributed by atoms with Crippen molar-refractivity contribution < 1.29 is 0 Å². The minimum Gasteiger partial charge on any atom is -0.102 e. The molecule has 0 aliphatic rings. The van der Waals surface area contributed by atoms with E-state index in [9.17, 15) is 0 Å². The molecule has 9 heavy (non-hydrogen) atoms. The van der Waals surface area contributed by atoms with Gasteiger partial charge in [0.05, 0.1) is 0 Å². The van der Waals surface area contributed by atoms with Crippen LogP contribution >= 0.6 is 0 Å². The fraction of sp³-hybridized carbons (Fsp3) is 0.333. The Kier molecular flexibility index (Phi) is 4.89. The van der Waals surface area contributed by atoms with Crippen LogP contribution < -0.4 is 0 Å². The molecule has 0 saturated heterocycles. The summed E-state index contributed by atoms with van der Waals surface area (Å²) in [6.07, 6.45) is 10.1. The molecule has 0 amide bonds. The minimum atomic E-state index is 0.487. The van der Waals surface area contributed by atoms with Gasteiger partial charge in [-0.25, -0.2) is 0 Å². The Balaban J connectivity index is 3.55. The minimum absolute atomic E-state index is 0.487. The Morgan fingerprint density at radius 2 is 2.00 bits per heavy atom. The van der Waals surface area contributed by atoms with Crippen LogP contribution in [0.25, 0.3) is 0 Å². The van der Waals surface area contributed by atoms with Crippen molar-refractivity contribution in [3.05, 3.63) is 37.0 Å². The lowest BCUT2D eigenvalue weighted by molar-refractivity contribution is 0.944. The van der Waals surface area contributed by atoms with Gasteiger partial charge in [0.1, 0.15) is 0 Å². The van der Waals surface area contributed by atoms with Crippen LogP contribution in [0.15, 0.2) is 37.0 Å². The second-order valence-corrected chi connectivity index (χ2v) is 2.01. The van der Waals surface area contributed by atoms with E-state index in [0.29, 0.717) is 5.92 Å². The Bertz CT molecular complexity index is 118. The predicted octanol–water partition coefficient (Wildman–Crippen LogP) is 2.94. The largest absolute Gasteiger partial charge is 0.102 e. The summed E-state index contributed by atoms with van der Waals surface area (Å²) < 4.78 is 0. The second-order valence-electron chi connectivity index (χ2n) is 2.01. The van der Waals surface area contributed by atoms with E-state index >= 15 is 0 Å². The van der Waals surface area contributed by atoms with Crippen LogP contribution in [-0.4, -0.2) is 0 Å². The van der Waals surface area contributed by atoms with Crippen LogP contribution in [-0.2, 0) is 0 Å². The molecular formula is C9H14. The van der Waals surface area contributed by atoms with Crippen molar-refractivity contribution in [1.82, 2.24) is 0 Å². The highest BCUT2D eigenvalue weighted by Crippen LogP contribution is 1.96. The number of rotatable bonds is 3. The third kappa shape index (κ3) is 5.09. The second kappa shape index (κ2) is 5.36. The molecule has 0 aliphatic heterocycles. The van der Waals surface area contributed by atoms with Gasteiger partial charge in [-0.15, -0.1) is 6.58 Å². The molecule has 0 radical (unpaired) electrons. The highest BCUT2D eigenvalue weighted by atomic mass is 13.9. The van der Waals surface area contributed by atoms with Gasteiger partial charge in [-0.2, -0.15) is 0 Å². The molecular weight excluding hydrogens is 108 g/mol. The van der Waals surface area contributed by atoms with Gasteiger partial charge in [0.25, 0.3) is 0 Å². The third-order valence-corrected chi connectivity index (χ3v) is 1.09. The molecule has 50 valence electrons. The van der Waals surface area contributed by atoms with Gasteiger partial charge in [0, 0.05) is 0 Å². The van der Waals surface area contributed by atoms with E-state index in [2.05, 4.69) is 19.6 Å². The van der Waals surface area contributed by atoms with E-state index in [4.69, 9.17) is 0 Å². The first-order valence-electron chi connectivity index (χ1n) is 3.23. The predicted molar refractivity (Wildman–Crippen MR) is 43.3 cm³/mol. The Hall–Kier alpha value is -0.780. The van der Waals surface area contributed by atoms with Crippen molar-refractivity contribution in [2.45, 2.75) is 13.8 Å². The third-order valence-electron chi connectivity index (χ3n) is 1.09. The van der Waals surface area contributed by atoms with Gasteiger partial charge < -0.3 is 0 Å². The maximum atomic E-state index is 3.66. The van der Waals surface area contributed by atoms with Crippen molar-refractivity contribution >= 4 is 0 Å². The van der Waals surface area contributed by atoms with Crippen LogP contribution in [0.1, 0.15) is 13.8 Å². The van der Waals surface area contributed by atoms with Crippen molar-refractivity contribution in [3.8, 4) is 0 Å². The average Bonchev–Trinajstić information content (AvgIpc) is 1.89. The smallest absolute Gasteiger partial charge is 0.00814 e. The van der Waals surface area contributed by atoms with Gasteiger partial charge in [-0.3, -0.25) is 0 Å². The fourth-order valence-electron chi connectivity index (χ4n) is 0.429. The van der Waals surface area contributed by atoms with Crippen molar-refractivity contribution in [1.29, 1.82) is 0 Å². The molecule has 1 atom stereocenters. The van der Waals surface area contributed by atoms with Gasteiger partial charge in [0.2, 0.25) is 0 Å². The summed E-state index contributed by atoms with van der Waals surface area (Å²) in [4.78, 5) is 0. The first-order chi connectivity index (χ1) is 4.31. The lowest BCUT2D eigenvalue weighted by Crippen LogP contribution is -1.77. The average molecular weight is 122 g/mol. The maximum Gasteiger partial charge on any atom is -0.00814 e. The molecule has 0 aromatic heterocycles. The summed E-state index contributed by atoms with van der Waals surface area (Å²) in [6, 6.07) is 0. The monoisotopic (exact) mass is 122 g/mol. The number of hydrogen-bond donors (Lipinski definition) is 0. The van der Waals surface area contributed by atoms with E-state index in [1.807, 2.05) is 31.2 Å². The molecule has 0 aromatic carbocycles. The van der Waals surface area contributed by atoms with Crippen LogP contribution in [0, 0.1) is 5.92 Å². The zero-order chi connectivity index (χ0) is 7.11. The van der Waals surface area contributed by atoms with Gasteiger partial charge >= 0.3 is 0 Å². The van der Waals surface area contributed by atoms with Crippen LogP contribution in [0.3, 0.4) is 0 Å². The maximum absolute atomic E-state index is 3.66. The number of allylic oxidation sites excluding steroid dienone is 5. The summed E-state index contributed by atoms with van der Waals surface area (Å²) in [7, 11) is 0. The zero-order valence-electron chi connectivity index (χ0n) is 6.17. The van der Waals surface area contributed by atoms with Crippen molar-refractivity contribution in [3.63, 3.8) is 0 Å². The topological polar surface area (TPSA) is 0 Å². The standard InChI is InChI=1S/C9H14/c1-4-6-7-8-9(3)5-2/h4-9H,2H2,1,3H3/b6-4-,8-7-. The summed E-state index contributed by atoms with van der Waals surface area (Å²) >= 11 is 0. The molecule has 0 heteroatoms. The van der Waals surface area contributed by atoms with Crippen molar-refractivity contribution in [2.24, 2.45) is 5.92 Å². The zero-order valence-corrected chi connectivity index (χ0v) is 6.17. The van der Waals surface area contributed by atoms with Crippen LogP contribution in [0.5, 0.6) is 0 Å². The lowest BCUT2D eigenvalue weighted by atomic mass is 10.2. The molecule has 0 aromatic rings. The van der Waals surface area contributed by atoms with E-state index < -0.39 is 0 Å². The quantitative estimate of drug-likeness (QED) is 0.399. The van der Waals surface area contributed by atoms with Crippen LogP contribution in [0.2, 0.25) is 0 Å². The first kappa shape index (κ1) is 8.22. The molecule has 0 nitrogen and oxygen atoms in total. The molecule has 0 fully saturated rings. The lowest BCUT2D eigenvalue weighted by Gasteiger charge is -1.91. The van der Waals surface area contributed by atoms with E-state index in [-0.39, 0.29) is 0 Å². The summed E-state index contributed by atoms with van der Waals surface area (Å²) in [5, 5.41) is 0. The van der Waals surface area contributed by atoms with E-state index in [0.717, 1.165) is 0 Å². The van der Waals surface area contributed by atoms with Gasteiger partial charge in [-0.05, 0) is 12.8 Å². The highest BCUT2D eigenvalue weighted by molar-refractivity contribution is 5.05. The summed E-state index contributed by atoms with van der Waals surface area (Å²) in [5.74, 6) is 0.487. The highest BCUT2D eigenvalue weighted by Gasteiger charge is 1.82.